The summed E-state index contributed by atoms with van der Waals surface area (Å²) in [4.78, 5) is 11.0. The van der Waals surface area contributed by atoms with E-state index >= 15 is 0 Å². The average Bonchev–Trinajstić information content (AvgIpc) is 2.19. The van der Waals surface area contributed by atoms with Crippen molar-refractivity contribution in [2.75, 3.05) is 14.2 Å². The third kappa shape index (κ3) is 1.88. The Kier molecular flexibility index (Phi) is 3.19. The normalized spacial score (nSPS) is 9.87. The van der Waals surface area contributed by atoms with Gasteiger partial charge in [-0.3, -0.25) is 0 Å². The first-order valence-electron chi connectivity index (χ1n) is 4.48. The fourth-order valence-electron chi connectivity index (χ4n) is 1.59. The molecule has 1 rings (SSSR count). The third-order valence-corrected chi connectivity index (χ3v) is 2.32. The van der Waals surface area contributed by atoms with Crippen molar-refractivity contribution in [1.82, 2.24) is 0 Å². The second-order valence-electron chi connectivity index (χ2n) is 3.23. The molecule has 4 heteroatoms. The Bertz CT molecular complexity index is 396. The van der Waals surface area contributed by atoms with Crippen molar-refractivity contribution in [1.29, 1.82) is 0 Å². The lowest BCUT2D eigenvalue weighted by atomic mass is 10.0. The fraction of sp³-hybridized carbons (Fsp3) is 0.364. The summed E-state index contributed by atoms with van der Waals surface area (Å²) < 4.78 is 10.2. The zero-order valence-corrected chi connectivity index (χ0v) is 9.25. The Hall–Kier alpha value is -1.71. The topological polar surface area (TPSA) is 55.8 Å². The predicted octanol–water partition coefficient (Wildman–Crippen LogP) is 2.02. The standard InChI is InChI=1S/C11H14O4/c1-6-5-8(14-3)7(2)10(15-4)9(6)11(12)13/h5H,1-4H3,(H,12,13). The number of hydrogen-bond acceptors (Lipinski definition) is 3. The van der Waals surface area contributed by atoms with E-state index in [1.165, 1.54) is 7.11 Å². The molecule has 0 heterocycles. The number of benzene rings is 1. The Morgan fingerprint density at radius 3 is 2.27 bits per heavy atom. The van der Waals surface area contributed by atoms with E-state index in [9.17, 15) is 4.79 Å². The van der Waals surface area contributed by atoms with E-state index in [0.29, 0.717) is 22.6 Å². The highest BCUT2D eigenvalue weighted by atomic mass is 16.5. The summed E-state index contributed by atoms with van der Waals surface area (Å²) in [5.41, 5.74) is 1.51. The number of hydrogen-bond donors (Lipinski definition) is 1. The maximum atomic E-state index is 11.0. The molecule has 82 valence electrons. The van der Waals surface area contributed by atoms with Crippen LogP contribution in [0.15, 0.2) is 6.07 Å². The lowest BCUT2D eigenvalue weighted by molar-refractivity contribution is 0.0692. The zero-order chi connectivity index (χ0) is 11.6. The number of aryl methyl sites for hydroxylation is 1. The quantitative estimate of drug-likeness (QED) is 0.829. The average molecular weight is 210 g/mol. The Morgan fingerprint density at radius 1 is 1.27 bits per heavy atom. The van der Waals surface area contributed by atoms with Crippen LogP contribution >= 0.6 is 0 Å². The van der Waals surface area contributed by atoms with Gasteiger partial charge in [0.15, 0.2) is 0 Å². The molecule has 0 aliphatic rings. The smallest absolute Gasteiger partial charge is 0.339 e. The van der Waals surface area contributed by atoms with Gasteiger partial charge in [-0.05, 0) is 25.5 Å². The number of carbonyl (C=O) groups is 1. The Balaban J connectivity index is 3.53. The van der Waals surface area contributed by atoms with Gasteiger partial charge in [0, 0.05) is 5.56 Å². The molecule has 0 saturated heterocycles. The second-order valence-corrected chi connectivity index (χ2v) is 3.23. The first kappa shape index (κ1) is 11.4. The van der Waals surface area contributed by atoms with Crippen molar-refractivity contribution >= 4 is 5.97 Å². The first-order chi connectivity index (χ1) is 7.02. The minimum atomic E-state index is -0.991. The number of carboxylic acids is 1. The molecule has 0 saturated carbocycles. The molecular weight excluding hydrogens is 196 g/mol. The van der Waals surface area contributed by atoms with Crippen LogP contribution in [0.4, 0.5) is 0 Å². The van der Waals surface area contributed by atoms with Crippen LogP contribution in [-0.4, -0.2) is 25.3 Å². The van der Waals surface area contributed by atoms with Crippen LogP contribution in [0.3, 0.4) is 0 Å². The summed E-state index contributed by atoms with van der Waals surface area (Å²) in [5, 5.41) is 9.04. The van der Waals surface area contributed by atoms with Crippen LogP contribution in [0.2, 0.25) is 0 Å². The number of ether oxygens (including phenoxy) is 2. The van der Waals surface area contributed by atoms with Crippen molar-refractivity contribution in [2.45, 2.75) is 13.8 Å². The van der Waals surface area contributed by atoms with Crippen molar-refractivity contribution in [3.8, 4) is 11.5 Å². The van der Waals surface area contributed by atoms with E-state index in [2.05, 4.69) is 0 Å². The van der Waals surface area contributed by atoms with E-state index in [-0.39, 0.29) is 5.56 Å². The minimum Gasteiger partial charge on any atom is -0.496 e. The lowest BCUT2D eigenvalue weighted by Crippen LogP contribution is -2.06. The van der Waals surface area contributed by atoms with Gasteiger partial charge in [-0.1, -0.05) is 0 Å². The predicted molar refractivity (Wildman–Crippen MR) is 56.0 cm³/mol. The van der Waals surface area contributed by atoms with Crippen LogP contribution in [0.25, 0.3) is 0 Å². The van der Waals surface area contributed by atoms with Crippen LogP contribution < -0.4 is 9.47 Å². The molecule has 0 aliphatic heterocycles. The zero-order valence-electron chi connectivity index (χ0n) is 9.25. The van der Waals surface area contributed by atoms with Gasteiger partial charge >= 0.3 is 5.97 Å². The summed E-state index contributed by atoms with van der Waals surface area (Å²) in [5.74, 6) is 0.00352. The fourth-order valence-corrected chi connectivity index (χ4v) is 1.59. The molecule has 0 unspecified atom stereocenters. The molecule has 0 atom stereocenters. The van der Waals surface area contributed by atoms with Crippen molar-refractivity contribution in [3.05, 3.63) is 22.8 Å². The second kappa shape index (κ2) is 4.21. The molecule has 0 bridgehead atoms. The largest absolute Gasteiger partial charge is 0.496 e. The first-order valence-corrected chi connectivity index (χ1v) is 4.48. The lowest BCUT2D eigenvalue weighted by Gasteiger charge is -2.14. The summed E-state index contributed by atoms with van der Waals surface area (Å²) >= 11 is 0. The van der Waals surface area contributed by atoms with Gasteiger partial charge in [-0.2, -0.15) is 0 Å². The molecule has 1 N–H and O–H groups in total. The summed E-state index contributed by atoms with van der Waals surface area (Å²) in [6.45, 7) is 3.48. The van der Waals surface area contributed by atoms with E-state index in [4.69, 9.17) is 14.6 Å². The third-order valence-electron chi connectivity index (χ3n) is 2.32. The summed E-state index contributed by atoms with van der Waals surface area (Å²) in [7, 11) is 3.00. The van der Waals surface area contributed by atoms with Gasteiger partial charge in [0.2, 0.25) is 0 Å². The summed E-state index contributed by atoms with van der Waals surface area (Å²) in [6.07, 6.45) is 0. The van der Waals surface area contributed by atoms with Gasteiger partial charge in [0.25, 0.3) is 0 Å². The minimum absolute atomic E-state index is 0.191. The van der Waals surface area contributed by atoms with Gasteiger partial charge in [0.05, 0.1) is 14.2 Å². The van der Waals surface area contributed by atoms with E-state index < -0.39 is 5.97 Å². The molecule has 1 aromatic carbocycles. The molecule has 0 fully saturated rings. The number of aromatic carboxylic acids is 1. The van der Waals surface area contributed by atoms with Gasteiger partial charge in [0.1, 0.15) is 17.1 Å². The number of carboxylic acid groups (broad SMARTS) is 1. The highest BCUT2D eigenvalue weighted by molar-refractivity contribution is 5.93. The summed E-state index contributed by atoms with van der Waals surface area (Å²) in [6, 6.07) is 1.70. The molecule has 15 heavy (non-hydrogen) atoms. The number of rotatable bonds is 3. The number of methoxy groups -OCH3 is 2. The maximum absolute atomic E-state index is 11.0. The van der Waals surface area contributed by atoms with E-state index in [1.807, 2.05) is 0 Å². The Morgan fingerprint density at radius 2 is 1.87 bits per heavy atom. The molecule has 0 aliphatic carbocycles. The van der Waals surface area contributed by atoms with E-state index in [0.717, 1.165) is 0 Å². The highest BCUT2D eigenvalue weighted by Crippen LogP contribution is 2.33. The molecule has 0 radical (unpaired) electrons. The van der Waals surface area contributed by atoms with Crippen LogP contribution in [0.5, 0.6) is 11.5 Å². The molecule has 0 spiro atoms. The molecule has 1 aromatic rings. The van der Waals surface area contributed by atoms with Crippen LogP contribution in [-0.2, 0) is 0 Å². The molecular formula is C11H14O4. The molecule has 0 aromatic heterocycles. The molecule has 4 nitrogen and oxygen atoms in total. The maximum Gasteiger partial charge on any atom is 0.339 e. The van der Waals surface area contributed by atoms with Crippen molar-refractivity contribution < 1.29 is 19.4 Å². The monoisotopic (exact) mass is 210 g/mol. The Labute approximate surface area is 88.4 Å². The highest BCUT2D eigenvalue weighted by Gasteiger charge is 2.19. The van der Waals surface area contributed by atoms with Crippen LogP contribution in [0, 0.1) is 13.8 Å². The SMILES string of the molecule is COc1cc(C)c(C(=O)O)c(OC)c1C. The van der Waals surface area contributed by atoms with Crippen molar-refractivity contribution in [3.63, 3.8) is 0 Å². The van der Waals surface area contributed by atoms with Gasteiger partial charge in [-0.15, -0.1) is 0 Å². The van der Waals surface area contributed by atoms with Crippen molar-refractivity contribution in [2.24, 2.45) is 0 Å². The molecule has 0 amide bonds. The van der Waals surface area contributed by atoms with Gasteiger partial charge in [-0.25, -0.2) is 4.79 Å². The van der Waals surface area contributed by atoms with Crippen LogP contribution in [0.1, 0.15) is 21.5 Å². The van der Waals surface area contributed by atoms with E-state index in [1.54, 1.807) is 27.0 Å². The van der Waals surface area contributed by atoms with Gasteiger partial charge < -0.3 is 14.6 Å².